The fraction of sp³-hybridized carbons (Fsp3) is 0.333. The van der Waals surface area contributed by atoms with Gasteiger partial charge in [-0.3, -0.25) is 0 Å². The molecule has 1 N–H and O–H groups in total. The molecule has 0 radical (unpaired) electrons. The highest BCUT2D eigenvalue weighted by Gasteiger charge is 2.32. The van der Waals surface area contributed by atoms with Crippen molar-refractivity contribution in [2.45, 2.75) is 19.3 Å². The van der Waals surface area contributed by atoms with E-state index in [0.717, 1.165) is 11.4 Å². The minimum absolute atomic E-state index is 0.149. The summed E-state index contributed by atoms with van der Waals surface area (Å²) in [4.78, 5) is 4.30. The van der Waals surface area contributed by atoms with E-state index in [4.69, 9.17) is 0 Å². The third kappa shape index (κ3) is 1.63. The summed E-state index contributed by atoms with van der Waals surface area (Å²) in [5.41, 5.74) is 4.74. The number of hydrogen-bond acceptors (Lipinski definition) is 3. The average molecular weight is 257 g/mol. The molecule has 1 aromatic carbocycles. The van der Waals surface area contributed by atoms with Gasteiger partial charge in [0.2, 0.25) is 0 Å². The van der Waals surface area contributed by atoms with Gasteiger partial charge in [-0.25, -0.2) is 4.39 Å². The van der Waals surface area contributed by atoms with Crippen molar-refractivity contribution < 1.29 is 4.39 Å². The van der Waals surface area contributed by atoms with Gasteiger partial charge in [-0.1, -0.05) is 6.07 Å². The number of anilines is 2. The van der Waals surface area contributed by atoms with E-state index >= 15 is 0 Å². The summed E-state index contributed by atoms with van der Waals surface area (Å²) in [6.07, 6.45) is 5.81. The van der Waals surface area contributed by atoms with Crippen LogP contribution in [0.15, 0.2) is 42.2 Å². The molecule has 1 fully saturated rings. The zero-order valence-electron chi connectivity index (χ0n) is 10.8. The lowest BCUT2D eigenvalue weighted by Crippen LogP contribution is -2.48. The Bertz CT molecular complexity index is 587. The molecule has 0 bridgehead atoms. The molecule has 0 aromatic heterocycles. The molecule has 1 atom stereocenters. The molecular formula is C15H16FN3. The molecule has 98 valence electrons. The molecule has 3 aliphatic rings. The number of allylic oxidation sites excluding steroid dienone is 1. The van der Waals surface area contributed by atoms with Crippen LogP contribution in [0.5, 0.6) is 0 Å². The molecule has 0 saturated carbocycles. The van der Waals surface area contributed by atoms with Crippen LogP contribution >= 0.6 is 0 Å². The Kier molecular flexibility index (Phi) is 2.16. The Labute approximate surface area is 112 Å². The third-order valence-electron chi connectivity index (χ3n) is 3.97. The lowest BCUT2D eigenvalue weighted by molar-refractivity contribution is 0.101. The lowest BCUT2D eigenvalue weighted by Gasteiger charge is -2.39. The fourth-order valence-corrected chi connectivity index (χ4v) is 2.87. The maximum Gasteiger partial charge on any atom is 0.135 e. The fourth-order valence-electron chi connectivity index (χ4n) is 2.87. The van der Waals surface area contributed by atoms with Crippen LogP contribution in [-0.2, 0) is 0 Å². The van der Waals surface area contributed by atoms with Crippen LogP contribution < -0.4 is 10.2 Å². The van der Waals surface area contributed by atoms with Crippen LogP contribution in [0.2, 0.25) is 0 Å². The summed E-state index contributed by atoms with van der Waals surface area (Å²) in [7, 11) is 0. The number of nitrogens with zero attached hydrogens (tertiary/aromatic N) is 2. The van der Waals surface area contributed by atoms with E-state index in [0.29, 0.717) is 13.1 Å². The number of fused-ring (bicyclic) bond motifs is 3. The normalized spacial score (nSPS) is 24.5. The highest BCUT2D eigenvalue weighted by molar-refractivity contribution is 5.79. The van der Waals surface area contributed by atoms with E-state index in [9.17, 15) is 4.39 Å². The predicted octanol–water partition coefficient (Wildman–Crippen LogP) is 2.62. The minimum Gasteiger partial charge on any atom is -0.366 e. The number of halogens is 1. The van der Waals surface area contributed by atoms with Crippen molar-refractivity contribution in [3.63, 3.8) is 0 Å². The highest BCUT2D eigenvalue weighted by atomic mass is 19.1. The Morgan fingerprint density at radius 3 is 2.95 bits per heavy atom. The van der Waals surface area contributed by atoms with E-state index in [1.807, 2.05) is 0 Å². The van der Waals surface area contributed by atoms with Crippen molar-refractivity contribution in [3.05, 3.63) is 47.8 Å². The molecule has 0 amide bonds. The molecule has 19 heavy (non-hydrogen) atoms. The van der Waals surface area contributed by atoms with Gasteiger partial charge in [0.15, 0.2) is 0 Å². The topological polar surface area (TPSA) is 18.5 Å². The van der Waals surface area contributed by atoms with Crippen LogP contribution in [0.3, 0.4) is 0 Å². The summed E-state index contributed by atoms with van der Waals surface area (Å²) in [6.45, 7) is 3.15. The van der Waals surface area contributed by atoms with Gasteiger partial charge in [0.05, 0.1) is 24.5 Å². The molecule has 0 spiro atoms. The Morgan fingerprint density at radius 2 is 2.16 bits per heavy atom. The van der Waals surface area contributed by atoms with Crippen LogP contribution in [0, 0.1) is 6.92 Å². The third-order valence-corrected chi connectivity index (χ3v) is 3.97. The smallest absolute Gasteiger partial charge is 0.135 e. The first kappa shape index (κ1) is 10.9. The number of benzene rings is 1. The number of hydrogen-bond donors (Lipinski definition) is 1. The minimum atomic E-state index is -0.663. The molecule has 4 heteroatoms. The predicted molar refractivity (Wildman–Crippen MR) is 74.8 cm³/mol. The van der Waals surface area contributed by atoms with Crippen LogP contribution in [-0.4, -0.2) is 30.3 Å². The number of likely N-dealkylation sites (tertiary alicyclic amines) is 1. The molecule has 4 rings (SSSR count). The van der Waals surface area contributed by atoms with E-state index in [1.54, 1.807) is 0 Å². The quantitative estimate of drug-likeness (QED) is 0.834. The number of aryl methyl sites for hydroxylation is 1. The van der Waals surface area contributed by atoms with Crippen molar-refractivity contribution in [2.75, 3.05) is 23.3 Å². The first-order valence-electron chi connectivity index (χ1n) is 6.65. The largest absolute Gasteiger partial charge is 0.366 e. The van der Waals surface area contributed by atoms with E-state index in [1.165, 1.54) is 11.3 Å². The van der Waals surface area contributed by atoms with Gasteiger partial charge in [-0.15, -0.1) is 0 Å². The second-order valence-corrected chi connectivity index (χ2v) is 5.43. The number of rotatable bonds is 1. The summed E-state index contributed by atoms with van der Waals surface area (Å²) in [6, 6.07) is 6.42. The molecule has 0 aliphatic carbocycles. The maximum atomic E-state index is 12.9. The number of alkyl halides is 1. The summed E-state index contributed by atoms with van der Waals surface area (Å²) in [5.74, 6) is 0. The van der Waals surface area contributed by atoms with Crippen molar-refractivity contribution in [1.82, 2.24) is 4.90 Å². The molecule has 1 aromatic rings. The molecule has 3 aliphatic heterocycles. The van der Waals surface area contributed by atoms with E-state index < -0.39 is 6.17 Å². The molecule has 3 heterocycles. The van der Waals surface area contributed by atoms with Crippen LogP contribution in [0.1, 0.15) is 5.56 Å². The summed E-state index contributed by atoms with van der Waals surface area (Å²) in [5, 5.41) is 3.49. The Hall–Kier alpha value is -1.97. The monoisotopic (exact) mass is 257 g/mol. The average Bonchev–Trinajstić information content (AvgIpc) is 2.72. The summed E-state index contributed by atoms with van der Waals surface area (Å²) >= 11 is 0. The molecule has 3 nitrogen and oxygen atoms in total. The molecule has 1 saturated heterocycles. The molecule has 1 unspecified atom stereocenters. The van der Waals surface area contributed by atoms with E-state index in [2.05, 4.69) is 58.6 Å². The van der Waals surface area contributed by atoms with Crippen molar-refractivity contribution in [1.29, 1.82) is 0 Å². The van der Waals surface area contributed by atoms with E-state index in [-0.39, 0.29) is 6.17 Å². The van der Waals surface area contributed by atoms with Crippen molar-refractivity contribution >= 4 is 11.4 Å². The van der Waals surface area contributed by atoms with Gasteiger partial charge < -0.3 is 15.1 Å². The standard InChI is InChI=1S/C15H16FN3/c1-10-2-3-13-14(6-10)19-5-4-12(7-15(19)17-13)18-8-11(16)9-18/h2-7,11,15,17H,8-9H2,1H3. The van der Waals surface area contributed by atoms with Gasteiger partial charge in [0.1, 0.15) is 12.3 Å². The summed E-state index contributed by atoms with van der Waals surface area (Å²) < 4.78 is 12.9. The highest BCUT2D eigenvalue weighted by Crippen LogP contribution is 2.38. The SMILES string of the molecule is Cc1ccc2c(c1)N1C=CC(N3CC(F)C3)=CC1N2. The maximum absolute atomic E-state index is 12.9. The second kappa shape index (κ2) is 3.76. The van der Waals surface area contributed by atoms with Crippen LogP contribution in [0.25, 0.3) is 0 Å². The Morgan fingerprint density at radius 1 is 1.32 bits per heavy atom. The van der Waals surface area contributed by atoms with Gasteiger partial charge >= 0.3 is 0 Å². The van der Waals surface area contributed by atoms with Crippen LogP contribution in [0.4, 0.5) is 15.8 Å². The number of nitrogens with one attached hydrogen (secondary N) is 1. The van der Waals surface area contributed by atoms with Gasteiger partial charge in [-0.2, -0.15) is 0 Å². The second-order valence-electron chi connectivity index (χ2n) is 5.43. The van der Waals surface area contributed by atoms with Gasteiger partial charge in [-0.05, 0) is 36.8 Å². The Balaban J connectivity index is 1.62. The van der Waals surface area contributed by atoms with Crippen molar-refractivity contribution in [2.24, 2.45) is 0 Å². The first-order chi connectivity index (χ1) is 9.20. The van der Waals surface area contributed by atoms with Crippen molar-refractivity contribution in [3.8, 4) is 0 Å². The zero-order chi connectivity index (χ0) is 13.0. The van der Waals surface area contributed by atoms with Gasteiger partial charge in [0, 0.05) is 11.9 Å². The lowest BCUT2D eigenvalue weighted by atomic mass is 10.1. The first-order valence-corrected chi connectivity index (χ1v) is 6.65. The van der Waals surface area contributed by atoms with Gasteiger partial charge in [0.25, 0.3) is 0 Å². The zero-order valence-corrected chi connectivity index (χ0v) is 10.8. The molecular weight excluding hydrogens is 241 g/mol.